The standard InChI is InChI=1S/C28H25N5O5/c1-32-26(38)31-25(37)28(32)9-16-7-15-5-6-18(29-20(15)8-17(16)10-28)13-33-14-27(12-23(35)36)11-22(34)30-19-3-2-4-21(33)24(19)27/h2-8H,9-14H2,1H3,(H,30,34)(H,35,36)(H,31,37,38)/t27?,28-/m1/s1. The highest BCUT2D eigenvalue weighted by Gasteiger charge is 2.54. The Balaban J connectivity index is 1.22. The zero-order valence-electron chi connectivity index (χ0n) is 20.7. The summed E-state index contributed by atoms with van der Waals surface area (Å²) >= 11 is 0. The highest BCUT2D eigenvalue weighted by molar-refractivity contribution is 6.08. The maximum Gasteiger partial charge on any atom is 0.324 e. The molecule has 1 aliphatic carbocycles. The number of pyridine rings is 1. The number of carbonyl (C=O) groups excluding carboxylic acids is 3. The van der Waals surface area contributed by atoms with Crippen LogP contribution in [0.5, 0.6) is 0 Å². The summed E-state index contributed by atoms with van der Waals surface area (Å²) in [6.45, 7) is 0.879. The summed E-state index contributed by atoms with van der Waals surface area (Å²) in [5.41, 5.74) is 4.48. The van der Waals surface area contributed by atoms with Gasteiger partial charge in [0.2, 0.25) is 5.91 Å². The minimum absolute atomic E-state index is 0.121. The number of imide groups is 1. The minimum Gasteiger partial charge on any atom is -0.481 e. The van der Waals surface area contributed by atoms with E-state index < -0.39 is 16.9 Å². The largest absolute Gasteiger partial charge is 0.481 e. The lowest BCUT2D eigenvalue weighted by Crippen LogP contribution is -2.48. The summed E-state index contributed by atoms with van der Waals surface area (Å²) in [4.78, 5) is 57.6. The number of benzene rings is 2. The van der Waals surface area contributed by atoms with Gasteiger partial charge in [0, 0.05) is 60.6 Å². The summed E-state index contributed by atoms with van der Waals surface area (Å²) in [7, 11) is 1.66. The quantitative estimate of drug-likeness (QED) is 0.458. The molecule has 38 heavy (non-hydrogen) atoms. The lowest BCUT2D eigenvalue weighted by atomic mass is 9.73. The van der Waals surface area contributed by atoms with E-state index in [1.54, 1.807) is 7.05 Å². The fourth-order valence-corrected chi connectivity index (χ4v) is 6.93. The summed E-state index contributed by atoms with van der Waals surface area (Å²) in [6.07, 6.45) is 0.923. The van der Waals surface area contributed by atoms with Crippen LogP contribution in [-0.2, 0) is 39.2 Å². The third-order valence-corrected chi connectivity index (χ3v) is 8.65. The van der Waals surface area contributed by atoms with E-state index in [-0.39, 0.29) is 30.7 Å². The molecule has 1 saturated heterocycles. The highest BCUT2D eigenvalue weighted by atomic mass is 16.4. The first-order valence-electron chi connectivity index (χ1n) is 12.6. The van der Waals surface area contributed by atoms with Gasteiger partial charge in [-0.1, -0.05) is 12.1 Å². The lowest BCUT2D eigenvalue weighted by Gasteiger charge is -2.33. The molecule has 3 aromatic rings. The molecule has 1 unspecified atom stereocenters. The van der Waals surface area contributed by atoms with Gasteiger partial charge in [-0.2, -0.15) is 0 Å². The second kappa shape index (κ2) is 7.53. The maximum absolute atomic E-state index is 12.7. The van der Waals surface area contributed by atoms with Crippen LogP contribution < -0.4 is 15.5 Å². The van der Waals surface area contributed by atoms with E-state index in [1.165, 1.54) is 4.90 Å². The summed E-state index contributed by atoms with van der Waals surface area (Å²) in [6, 6.07) is 13.3. The highest BCUT2D eigenvalue weighted by Crippen LogP contribution is 2.51. The maximum atomic E-state index is 12.7. The normalized spacial score (nSPS) is 25.1. The number of aromatic nitrogens is 1. The molecule has 4 amide bonds. The van der Waals surface area contributed by atoms with Gasteiger partial charge in [-0.25, -0.2) is 4.79 Å². The van der Waals surface area contributed by atoms with Crippen molar-refractivity contribution in [2.24, 2.45) is 0 Å². The molecule has 1 fully saturated rings. The Morgan fingerprint density at radius 2 is 1.84 bits per heavy atom. The average molecular weight is 512 g/mol. The molecule has 4 heterocycles. The number of amides is 4. The van der Waals surface area contributed by atoms with E-state index in [1.807, 2.05) is 36.4 Å². The van der Waals surface area contributed by atoms with E-state index >= 15 is 0 Å². The van der Waals surface area contributed by atoms with Crippen LogP contribution in [0.3, 0.4) is 0 Å². The number of likely N-dealkylation sites (N-methyl/N-ethyl adjacent to an activating group) is 1. The number of anilines is 2. The molecule has 7 rings (SSSR count). The van der Waals surface area contributed by atoms with Crippen LogP contribution in [0, 0.1) is 0 Å². The molecule has 10 nitrogen and oxygen atoms in total. The Kier molecular flexibility index (Phi) is 4.50. The molecule has 2 aromatic carbocycles. The SMILES string of the molecule is CN1C(=O)NC(=O)[C@]12Cc1cc3ccc(CN4CC5(CC(=O)O)CC(=O)Nc6cccc4c65)nc3cc1C2. The first-order chi connectivity index (χ1) is 18.2. The van der Waals surface area contributed by atoms with Crippen molar-refractivity contribution in [3.8, 4) is 0 Å². The van der Waals surface area contributed by atoms with Gasteiger partial charge in [-0.15, -0.1) is 0 Å². The number of hydrogen-bond acceptors (Lipinski definition) is 6. The van der Waals surface area contributed by atoms with Crippen molar-refractivity contribution < 1.29 is 24.3 Å². The van der Waals surface area contributed by atoms with Crippen molar-refractivity contribution >= 4 is 46.1 Å². The van der Waals surface area contributed by atoms with Gasteiger partial charge >= 0.3 is 12.0 Å². The molecule has 192 valence electrons. The van der Waals surface area contributed by atoms with E-state index in [0.29, 0.717) is 31.6 Å². The van der Waals surface area contributed by atoms with Gasteiger partial charge in [0.05, 0.1) is 24.2 Å². The lowest BCUT2D eigenvalue weighted by molar-refractivity contribution is -0.138. The zero-order chi connectivity index (χ0) is 26.4. The molecule has 4 aliphatic rings. The predicted molar refractivity (Wildman–Crippen MR) is 138 cm³/mol. The fraction of sp³-hybridized carbons (Fsp3) is 0.321. The van der Waals surface area contributed by atoms with Crippen molar-refractivity contribution in [1.82, 2.24) is 15.2 Å². The summed E-state index contributed by atoms with van der Waals surface area (Å²) in [5, 5.41) is 16.0. The van der Waals surface area contributed by atoms with Gasteiger partial charge in [-0.05, 0) is 41.5 Å². The molecule has 0 radical (unpaired) electrons. The number of hydrogen-bond donors (Lipinski definition) is 3. The van der Waals surface area contributed by atoms with E-state index in [2.05, 4.69) is 21.6 Å². The Labute approximate surface area is 217 Å². The molecule has 1 spiro atoms. The number of carbonyl (C=O) groups is 4. The molecular formula is C28H25N5O5. The van der Waals surface area contributed by atoms with Crippen LogP contribution in [0.4, 0.5) is 16.2 Å². The van der Waals surface area contributed by atoms with Crippen molar-refractivity contribution in [1.29, 1.82) is 0 Å². The number of fused-ring (bicyclic) bond motifs is 2. The third kappa shape index (κ3) is 3.09. The predicted octanol–water partition coefficient (Wildman–Crippen LogP) is 2.33. The second-order valence-corrected chi connectivity index (χ2v) is 11.0. The van der Waals surface area contributed by atoms with Crippen molar-refractivity contribution in [3.05, 3.63) is 64.8 Å². The molecule has 10 heteroatoms. The number of nitrogens with one attached hydrogen (secondary N) is 2. The van der Waals surface area contributed by atoms with E-state index in [0.717, 1.165) is 39.0 Å². The van der Waals surface area contributed by atoms with Gasteiger partial charge in [0.25, 0.3) is 5.91 Å². The number of urea groups is 1. The molecule has 3 N–H and O–H groups in total. The van der Waals surface area contributed by atoms with Crippen LogP contribution in [0.1, 0.15) is 35.2 Å². The minimum atomic E-state index is -0.930. The Morgan fingerprint density at radius 1 is 1.05 bits per heavy atom. The van der Waals surface area contributed by atoms with E-state index in [9.17, 15) is 24.3 Å². The molecule has 1 aromatic heterocycles. The summed E-state index contributed by atoms with van der Waals surface area (Å²) < 4.78 is 0. The molecule has 3 aliphatic heterocycles. The third-order valence-electron chi connectivity index (χ3n) is 8.65. The van der Waals surface area contributed by atoms with Crippen molar-refractivity contribution in [2.75, 3.05) is 23.8 Å². The molecule has 2 atom stereocenters. The van der Waals surface area contributed by atoms with Crippen molar-refractivity contribution in [2.45, 2.75) is 43.2 Å². The Morgan fingerprint density at radius 3 is 2.58 bits per heavy atom. The first-order valence-corrected chi connectivity index (χ1v) is 12.6. The number of rotatable bonds is 4. The zero-order valence-corrected chi connectivity index (χ0v) is 20.7. The van der Waals surface area contributed by atoms with Crippen molar-refractivity contribution in [3.63, 3.8) is 0 Å². The molecule has 0 bridgehead atoms. The molecule has 0 saturated carbocycles. The number of carboxylic acids is 1. The van der Waals surface area contributed by atoms with Crippen LogP contribution in [0.15, 0.2) is 42.5 Å². The van der Waals surface area contributed by atoms with Crippen LogP contribution in [0.2, 0.25) is 0 Å². The average Bonchev–Trinajstić information content (AvgIpc) is 3.44. The number of carboxylic acid groups (broad SMARTS) is 1. The smallest absolute Gasteiger partial charge is 0.324 e. The monoisotopic (exact) mass is 511 g/mol. The number of nitrogens with zero attached hydrogens (tertiary/aromatic N) is 3. The van der Waals surface area contributed by atoms with Gasteiger partial charge in [0.1, 0.15) is 5.54 Å². The van der Waals surface area contributed by atoms with Gasteiger partial charge in [0.15, 0.2) is 0 Å². The van der Waals surface area contributed by atoms with Crippen LogP contribution >= 0.6 is 0 Å². The van der Waals surface area contributed by atoms with E-state index in [4.69, 9.17) is 4.98 Å². The summed E-state index contributed by atoms with van der Waals surface area (Å²) in [5.74, 6) is -1.36. The number of aliphatic carboxylic acids is 1. The fourth-order valence-electron chi connectivity index (χ4n) is 6.93. The first kappa shape index (κ1) is 22.7. The Hall–Kier alpha value is -4.47. The van der Waals surface area contributed by atoms with Crippen LogP contribution in [0.25, 0.3) is 10.9 Å². The Bertz CT molecular complexity index is 1620. The van der Waals surface area contributed by atoms with Gasteiger partial charge in [-0.3, -0.25) is 24.7 Å². The topological polar surface area (TPSA) is 132 Å². The van der Waals surface area contributed by atoms with Crippen LogP contribution in [-0.4, -0.2) is 57.9 Å². The van der Waals surface area contributed by atoms with Gasteiger partial charge < -0.3 is 20.2 Å². The second-order valence-electron chi connectivity index (χ2n) is 11.0. The molecular weight excluding hydrogens is 486 g/mol.